The van der Waals surface area contributed by atoms with Crippen molar-refractivity contribution in [2.24, 2.45) is 0 Å². The van der Waals surface area contributed by atoms with E-state index in [2.05, 4.69) is 0 Å². The van der Waals surface area contributed by atoms with Gasteiger partial charge >= 0.3 is 6.03 Å². The first-order valence-corrected chi connectivity index (χ1v) is 5.29. The largest absolute Gasteiger partial charge is 0.544 e. The number of rotatable bonds is 2. The fourth-order valence-corrected chi connectivity index (χ4v) is 1.61. The zero-order chi connectivity index (χ0) is 13.0. The number of amides is 2. The highest BCUT2D eigenvalue weighted by atomic mass is 16.6. The quantitative estimate of drug-likeness (QED) is 0.600. The molecule has 0 spiro atoms. The van der Waals surface area contributed by atoms with Crippen LogP contribution < -0.4 is 4.90 Å². The average Bonchev–Trinajstić information content (AvgIpc) is 2.41. The van der Waals surface area contributed by atoms with Crippen LogP contribution in [-0.4, -0.2) is 11.0 Å². The lowest BCUT2D eigenvalue weighted by Gasteiger charge is -2.13. The Bertz CT molecular complexity index is 515. The molecule has 90 valence electrons. The first kappa shape index (κ1) is 11.8. The molecule has 0 N–H and O–H groups in total. The summed E-state index contributed by atoms with van der Waals surface area (Å²) in [5, 5.41) is 10.7. The normalized spacial score (nSPS) is 9.78. The van der Waals surface area contributed by atoms with Gasteiger partial charge in [0, 0.05) is 4.92 Å². The molecule has 0 fully saturated rings. The van der Waals surface area contributed by atoms with Crippen LogP contribution in [0.15, 0.2) is 60.7 Å². The van der Waals surface area contributed by atoms with Gasteiger partial charge in [-0.05, 0) is 24.3 Å². The predicted octanol–water partition coefficient (Wildman–Crippen LogP) is 3.22. The highest BCUT2D eigenvalue weighted by Crippen LogP contribution is 2.25. The molecule has 0 heterocycles. The molecule has 0 aliphatic carbocycles. The molecule has 0 unspecified atom stereocenters. The van der Waals surface area contributed by atoms with Gasteiger partial charge in [-0.2, -0.15) is 9.69 Å². The van der Waals surface area contributed by atoms with Crippen LogP contribution >= 0.6 is 0 Å². The molecular weight excluding hydrogens is 232 g/mol. The standard InChI is InChI=1S/C13H10N2O3/c16-13(15(17)18)14(11-7-3-1-4-8-11)12-9-5-2-6-10-12/h1-10H. The van der Waals surface area contributed by atoms with Gasteiger partial charge < -0.3 is 10.1 Å². The summed E-state index contributed by atoms with van der Waals surface area (Å²) in [6.07, 6.45) is 0. The molecule has 0 saturated heterocycles. The third-order valence-corrected chi connectivity index (χ3v) is 2.38. The van der Waals surface area contributed by atoms with Gasteiger partial charge in [0.15, 0.2) is 0 Å². The smallest absolute Gasteiger partial charge is 0.355 e. The SMILES string of the molecule is O=C(N(c1ccccc1)c1ccccc1)[N+](=O)[O-]. The lowest BCUT2D eigenvalue weighted by molar-refractivity contribution is -0.370. The third kappa shape index (κ3) is 2.35. The van der Waals surface area contributed by atoms with E-state index < -0.39 is 11.0 Å². The maximum Gasteiger partial charge on any atom is 0.544 e. The lowest BCUT2D eigenvalue weighted by Crippen LogP contribution is -2.30. The number of urea groups is 1. The van der Waals surface area contributed by atoms with Gasteiger partial charge in [-0.3, -0.25) is 0 Å². The Kier molecular flexibility index (Phi) is 3.33. The minimum Gasteiger partial charge on any atom is -0.355 e. The van der Waals surface area contributed by atoms with Gasteiger partial charge in [-0.25, -0.2) is 0 Å². The van der Waals surface area contributed by atoms with Gasteiger partial charge in [-0.1, -0.05) is 36.4 Å². The van der Waals surface area contributed by atoms with Crippen molar-refractivity contribution in [1.29, 1.82) is 0 Å². The van der Waals surface area contributed by atoms with Crippen LogP contribution in [0, 0.1) is 10.1 Å². The Morgan fingerprint density at radius 3 is 1.61 bits per heavy atom. The van der Waals surface area contributed by atoms with Crippen molar-refractivity contribution in [3.8, 4) is 0 Å². The van der Waals surface area contributed by atoms with Crippen LogP contribution in [0.4, 0.5) is 16.2 Å². The summed E-state index contributed by atoms with van der Waals surface area (Å²) in [7, 11) is 0. The molecule has 0 aromatic heterocycles. The minimum atomic E-state index is -1.17. The van der Waals surface area contributed by atoms with Crippen molar-refractivity contribution >= 4 is 17.4 Å². The zero-order valence-electron chi connectivity index (χ0n) is 9.39. The molecule has 2 aromatic rings. The Labute approximate surface area is 103 Å². The van der Waals surface area contributed by atoms with E-state index >= 15 is 0 Å². The van der Waals surface area contributed by atoms with E-state index in [4.69, 9.17) is 0 Å². The third-order valence-electron chi connectivity index (χ3n) is 2.38. The molecule has 2 rings (SSSR count). The molecule has 0 radical (unpaired) electrons. The van der Waals surface area contributed by atoms with E-state index in [0.717, 1.165) is 4.90 Å². The summed E-state index contributed by atoms with van der Waals surface area (Å²) in [4.78, 5) is 22.5. The van der Waals surface area contributed by atoms with Crippen molar-refractivity contribution < 1.29 is 9.72 Å². The summed E-state index contributed by atoms with van der Waals surface area (Å²) in [5.74, 6) is 0. The molecular formula is C13H10N2O3. The van der Waals surface area contributed by atoms with Crippen molar-refractivity contribution in [3.05, 3.63) is 70.8 Å². The number of para-hydroxylation sites is 2. The lowest BCUT2D eigenvalue weighted by atomic mass is 10.2. The molecule has 0 aliphatic heterocycles. The fraction of sp³-hybridized carbons (Fsp3) is 0. The first-order valence-electron chi connectivity index (χ1n) is 5.29. The van der Waals surface area contributed by atoms with E-state index in [-0.39, 0.29) is 0 Å². The number of hydrogen-bond donors (Lipinski definition) is 0. The monoisotopic (exact) mass is 242 g/mol. The van der Waals surface area contributed by atoms with Crippen LogP contribution in [0.25, 0.3) is 0 Å². The molecule has 5 heteroatoms. The minimum absolute atomic E-state index is 0.463. The number of hydrogen-bond acceptors (Lipinski definition) is 3. The highest BCUT2D eigenvalue weighted by molar-refractivity contribution is 5.94. The van der Waals surface area contributed by atoms with E-state index in [9.17, 15) is 14.9 Å². The summed E-state index contributed by atoms with van der Waals surface area (Å²) in [5.41, 5.74) is 0.927. The Balaban J connectivity index is 2.48. The van der Waals surface area contributed by atoms with Crippen molar-refractivity contribution in [2.45, 2.75) is 0 Å². The predicted molar refractivity (Wildman–Crippen MR) is 67.4 cm³/mol. The maximum absolute atomic E-state index is 11.7. The van der Waals surface area contributed by atoms with Gasteiger partial charge in [0.25, 0.3) is 0 Å². The van der Waals surface area contributed by atoms with Crippen LogP contribution in [-0.2, 0) is 0 Å². The molecule has 0 bridgehead atoms. The van der Waals surface area contributed by atoms with Gasteiger partial charge in [-0.15, -0.1) is 0 Å². The Morgan fingerprint density at radius 1 is 0.889 bits per heavy atom. The average molecular weight is 242 g/mol. The molecule has 18 heavy (non-hydrogen) atoms. The highest BCUT2D eigenvalue weighted by Gasteiger charge is 2.29. The number of benzene rings is 2. The second-order valence-corrected chi connectivity index (χ2v) is 3.55. The second-order valence-electron chi connectivity index (χ2n) is 3.55. The summed E-state index contributed by atoms with van der Waals surface area (Å²) < 4.78 is 0. The Hall–Kier alpha value is -2.69. The van der Waals surface area contributed by atoms with E-state index in [1.165, 1.54) is 0 Å². The molecule has 2 amide bonds. The van der Waals surface area contributed by atoms with Crippen LogP contribution in [0.2, 0.25) is 0 Å². The topological polar surface area (TPSA) is 63.5 Å². The van der Waals surface area contributed by atoms with Gasteiger partial charge in [0.2, 0.25) is 0 Å². The molecule has 0 aliphatic rings. The summed E-state index contributed by atoms with van der Waals surface area (Å²) >= 11 is 0. The Morgan fingerprint density at radius 2 is 1.28 bits per heavy atom. The van der Waals surface area contributed by atoms with E-state index in [0.29, 0.717) is 11.4 Å². The second kappa shape index (κ2) is 5.09. The number of nitrogens with zero attached hydrogens (tertiary/aromatic N) is 2. The van der Waals surface area contributed by atoms with Crippen molar-refractivity contribution in [3.63, 3.8) is 0 Å². The van der Waals surface area contributed by atoms with Crippen molar-refractivity contribution in [2.75, 3.05) is 4.90 Å². The van der Waals surface area contributed by atoms with Crippen LogP contribution in [0.5, 0.6) is 0 Å². The van der Waals surface area contributed by atoms with Crippen LogP contribution in [0.3, 0.4) is 0 Å². The van der Waals surface area contributed by atoms with E-state index in [1.807, 2.05) is 0 Å². The molecule has 0 saturated carbocycles. The van der Waals surface area contributed by atoms with E-state index in [1.54, 1.807) is 60.7 Å². The number of nitro groups is 1. The first-order chi connectivity index (χ1) is 8.70. The maximum atomic E-state index is 11.7. The number of carbonyl (C=O) groups is 1. The molecule has 2 aromatic carbocycles. The fourth-order valence-electron chi connectivity index (χ4n) is 1.61. The molecule has 5 nitrogen and oxygen atoms in total. The molecule has 0 atom stereocenters. The van der Waals surface area contributed by atoms with Crippen LogP contribution in [0.1, 0.15) is 0 Å². The van der Waals surface area contributed by atoms with Gasteiger partial charge in [0.1, 0.15) is 11.4 Å². The number of carbonyl (C=O) groups excluding carboxylic acids is 1. The summed E-state index contributed by atoms with van der Waals surface area (Å²) in [6.45, 7) is 0. The summed E-state index contributed by atoms with van der Waals surface area (Å²) in [6, 6.07) is 15.9. The van der Waals surface area contributed by atoms with Crippen molar-refractivity contribution in [1.82, 2.24) is 0 Å². The zero-order valence-corrected chi connectivity index (χ0v) is 9.39. The van der Waals surface area contributed by atoms with Gasteiger partial charge in [0.05, 0.1) is 0 Å². The number of anilines is 2.